The standard InChI is InChI=1S/C21H21S.H2O/c1-16-10-4-7-13-19(16)22(20-14-8-5-11-17(20)2)21-15-9-6-12-18(21)3;/h4-15H,1-3H3;1H2/q+1;/p-1. The van der Waals surface area contributed by atoms with Crippen LogP contribution in [-0.4, -0.2) is 5.48 Å². The zero-order valence-electron chi connectivity index (χ0n) is 13.8. The molecule has 3 aromatic rings. The zero-order valence-corrected chi connectivity index (χ0v) is 14.6. The van der Waals surface area contributed by atoms with Crippen molar-refractivity contribution < 1.29 is 5.48 Å². The van der Waals surface area contributed by atoms with Crippen molar-refractivity contribution in [2.24, 2.45) is 0 Å². The summed E-state index contributed by atoms with van der Waals surface area (Å²) in [7, 11) is -0.0494. The van der Waals surface area contributed by atoms with Crippen molar-refractivity contribution in [3.8, 4) is 0 Å². The van der Waals surface area contributed by atoms with E-state index in [9.17, 15) is 0 Å². The van der Waals surface area contributed by atoms with Gasteiger partial charge in [-0.2, -0.15) is 0 Å². The van der Waals surface area contributed by atoms with E-state index in [2.05, 4.69) is 93.6 Å². The molecule has 0 aliphatic carbocycles. The molecule has 3 aromatic carbocycles. The molecule has 1 nitrogen and oxygen atoms in total. The fourth-order valence-electron chi connectivity index (χ4n) is 2.71. The molecule has 0 aromatic heterocycles. The van der Waals surface area contributed by atoms with Crippen LogP contribution >= 0.6 is 0 Å². The molecule has 0 heterocycles. The molecule has 2 heteroatoms. The van der Waals surface area contributed by atoms with Crippen LogP contribution in [0.4, 0.5) is 0 Å². The molecule has 0 bridgehead atoms. The van der Waals surface area contributed by atoms with Crippen molar-refractivity contribution in [1.29, 1.82) is 0 Å². The van der Waals surface area contributed by atoms with Crippen molar-refractivity contribution in [2.45, 2.75) is 35.5 Å². The van der Waals surface area contributed by atoms with Gasteiger partial charge >= 0.3 is 0 Å². The summed E-state index contributed by atoms with van der Waals surface area (Å²) < 4.78 is 0. The van der Waals surface area contributed by atoms with Gasteiger partial charge in [0.05, 0.1) is 0 Å². The predicted octanol–water partition coefficient (Wildman–Crippen LogP) is 5.53. The normalized spacial score (nSPS) is 10.4. The molecule has 0 atom stereocenters. The molecular formula is C21H22OS. The van der Waals surface area contributed by atoms with Crippen molar-refractivity contribution in [1.82, 2.24) is 0 Å². The Morgan fingerprint density at radius 1 is 0.478 bits per heavy atom. The van der Waals surface area contributed by atoms with Crippen molar-refractivity contribution in [2.75, 3.05) is 0 Å². The number of aryl methyl sites for hydroxylation is 3. The first-order chi connectivity index (χ1) is 10.7. The van der Waals surface area contributed by atoms with E-state index in [1.807, 2.05) is 0 Å². The molecule has 3 rings (SSSR count). The van der Waals surface area contributed by atoms with E-state index in [-0.39, 0.29) is 16.4 Å². The summed E-state index contributed by atoms with van der Waals surface area (Å²) in [6.07, 6.45) is 0. The molecule has 118 valence electrons. The lowest BCUT2D eigenvalue weighted by Crippen LogP contribution is -2.09. The Balaban J connectivity index is 0.00000192. The van der Waals surface area contributed by atoms with E-state index in [4.69, 9.17) is 0 Å². The largest absolute Gasteiger partial charge is 0.870 e. The summed E-state index contributed by atoms with van der Waals surface area (Å²) in [5, 5.41) is 0. The topological polar surface area (TPSA) is 30.0 Å². The summed E-state index contributed by atoms with van der Waals surface area (Å²) in [4.78, 5) is 4.27. The van der Waals surface area contributed by atoms with Gasteiger partial charge in [0.1, 0.15) is 10.9 Å². The van der Waals surface area contributed by atoms with Gasteiger partial charge in [-0.1, -0.05) is 54.6 Å². The fourth-order valence-corrected chi connectivity index (χ4v) is 5.24. The smallest absolute Gasteiger partial charge is 0.169 e. The summed E-state index contributed by atoms with van der Waals surface area (Å²) >= 11 is 0. The Kier molecular flexibility index (Phi) is 5.64. The minimum atomic E-state index is -0.0494. The summed E-state index contributed by atoms with van der Waals surface area (Å²) in [6, 6.07) is 26.3. The van der Waals surface area contributed by atoms with E-state index in [0.717, 1.165) is 0 Å². The Labute approximate surface area is 141 Å². The molecule has 0 aliphatic rings. The molecule has 23 heavy (non-hydrogen) atoms. The summed E-state index contributed by atoms with van der Waals surface area (Å²) in [6.45, 7) is 6.64. The third-order valence-electron chi connectivity index (χ3n) is 3.94. The van der Waals surface area contributed by atoms with Gasteiger partial charge in [0.15, 0.2) is 14.7 Å². The minimum absolute atomic E-state index is 0. The molecule has 0 unspecified atom stereocenters. The highest BCUT2D eigenvalue weighted by Gasteiger charge is 2.32. The Morgan fingerprint density at radius 2 is 0.739 bits per heavy atom. The molecule has 0 radical (unpaired) electrons. The van der Waals surface area contributed by atoms with Crippen LogP contribution in [0.1, 0.15) is 16.7 Å². The number of benzene rings is 3. The molecule has 0 saturated carbocycles. The van der Waals surface area contributed by atoms with Gasteiger partial charge in [-0.15, -0.1) is 0 Å². The second kappa shape index (κ2) is 7.49. The SMILES string of the molecule is Cc1ccccc1[S+](c1ccccc1C)c1ccccc1C.[OH-]. The first kappa shape index (κ1) is 17.3. The van der Waals surface area contributed by atoms with Crippen LogP contribution in [0.3, 0.4) is 0 Å². The highest BCUT2D eigenvalue weighted by Crippen LogP contribution is 2.36. The second-order valence-electron chi connectivity index (χ2n) is 5.60. The lowest BCUT2D eigenvalue weighted by atomic mass is 10.2. The lowest BCUT2D eigenvalue weighted by molar-refractivity contribution is 0.824. The fraction of sp³-hybridized carbons (Fsp3) is 0.143. The maximum atomic E-state index is 2.28. The molecule has 0 fully saturated rings. The zero-order chi connectivity index (χ0) is 15.5. The van der Waals surface area contributed by atoms with Gasteiger partial charge in [0, 0.05) is 16.7 Å². The quantitative estimate of drug-likeness (QED) is 0.583. The molecule has 0 amide bonds. The van der Waals surface area contributed by atoms with Crippen molar-refractivity contribution >= 4 is 10.9 Å². The number of rotatable bonds is 3. The van der Waals surface area contributed by atoms with Gasteiger partial charge in [-0.25, -0.2) is 0 Å². The molecule has 0 saturated heterocycles. The minimum Gasteiger partial charge on any atom is -0.870 e. The Morgan fingerprint density at radius 3 is 1.00 bits per heavy atom. The first-order valence-corrected chi connectivity index (χ1v) is 8.82. The number of hydrogen-bond donors (Lipinski definition) is 0. The molecular weight excluding hydrogens is 300 g/mol. The third kappa shape index (κ3) is 3.49. The Bertz CT molecular complexity index is 687. The number of hydrogen-bond acceptors (Lipinski definition) is 1. The lowest BCUT2D eigenvalue weighted by Gasteiger charge is -2.13. The molecule has 0 aliphatic heterocycles. The highest BCUT2D eigenvalue weighted by atomic mass is 32.2. The van der Waals surface area contributed by atoms with Crippen molar-refractivity contribution in [3.63, 3.8) is 0 Å². The molecule has 0 spiro atoms. The monoisotopic (exact) mass is 322 g/mol. The van der Waals surface area contributed by atoms with Gasteiger partial charge in [0.2, 0.25) is 0 Å². The van der Waals surface area contributed by atoms with E-state index in [1.54, 1.807) is 0 Å². The average Bonchev–Trinajstić information content (AvgIpc) is 2.53. The van der Waals surface area contributed by atoms with E-state index in [1.165, 1.54) is 31.4 Å². The third-order valence-corrected chi connectivity index (χ3v) is 6.63. The van der Waals surface area contributed by atoms with Crippen molar-refractivity contribution in [3.05, 3.63) is 89.5 Å². The van der Waals surface area contributed by atoms with Gasteiger partial charge < -0.3 is 5.48 Å². The second-order valence-corrected chi connectivity index (χ2v) is 7.53. The van der Waals surface area contributed by atoms with E-state index < -0.39 is 0 Å². The van der Waals surface area contributed by atoms with Crippen LogP contribution in [0.15, 0.2) is 87.5 Å². The van der Waals surface area contributed by atoms with Crippen LogP contribution in [-0.2, 0) is 10.9 Å². The van der Waals surface area contributed by atoms with Gasteiger partial charge in [-0.05, 0) is 39.0 Å². The maximum Gasteiger partial charge on any atom is 0.169 e. The first-order valence-electron chi connectivity index (χ1n) is 7.59. The van der Waals surface area contributed by atoms with Gasteiger partial charge in [-0.3, -0.25) is 0 Å². The van der Waals surface area contributed by atoms with Crippen LogP contribution in [0.5, 0.6) is 0 Å². The van der Waals surface area contributed by atoms with E-state index in [0.29, 0.717) is 0 Å². The van der Waals surface area contributed by atoms with Crippen LogP contribution < -0.4 is 0 Å². The Hall–Kier alpha value is -2.03. The van der Waals surface area contributed by atoms with Crippen LogP contribution in [0.2, 0.25) is 0 Å². The summed E-state index contributed by atoms with van der Waals surface area (Å²) in [5.74, 6) is 0. The van der Waals surface area contributed by atoms with E-state index >= 15 is 0 Å². The average molecular weight is 322 g/mol. The molecule has 1 N–H and O–H groups in total. The highest BCUT2D eigenvalue weighted by molar-refractivity contribution is 7.97. The maximum absolute atomic E-state index is 2.28. The van der Waals surface area contributed by atoms with Crippen LogP contribution in [0.25, 0.3) is 0 Å². The van der Waals surface area contributed by atoms with Gasteiger partial charge in [0.25, 0.3) is 0 Å². The predicted molar refractivity (Wildman–Crippen MR) is 97.6 cm³/mol. The summed E-state index contributed by atoms with van der Waals surface area (Å²) in [5.41, 5.74) is 4.08. The van der Waals surface area contributed by atoms with Crippen LogP contribution in [0, 0.1) is 20.8 Å².